The van der Waals surface area contributed by atoms with Gasteiger partial charge < -0.3 is 15.2 Å². The van der Waals surface area contributed by atoms with Gasteiger partial charge in [-0.2, -0.15) is 0 Å². The monoisotopic (exact) mass is 309 g/mol. The Balaban J connectivity index is 2.38. The summed E-state index contributed by atoms with van der Waals surface area (Å²) in [6.07, 6.45) is 0. The van der Waals surface area contributed by atoms with Gasteiger partial charge in [-0.1, -0.05) is 29.8 Å². The molecule has 6 heteroatoms. The van der Waals surface area contributed by atoms with Crippen molar-refractivity contribution < 1.29 is 19.0 Å². The Hall–Kier alpha value is -2.27. The van der Waals surface area contributed by atoms with E-state index < -0.39 is 17.8 Å². The standard InChI is InChI=1S/C15H13ClFNO3/c1-21-13-5-3-2-4-12(13)18-14(15(19)20)10-7-6-9(16)8-11(10)17/h2-8,14,18H,1H3,(H,19,20). The first-order valence-corrected chi connectivity index (χ1v) is 6.48. The van der Waals surface area contributed by atoms with Crippen LogP contribution in [0.4, 0.5) is 10.1 Å². The summed E-state index contributed by atoms with van der Waals surface area (Å²) in [5.74, 6) is -1.42. The fourth-order valence-electron chi connectivity index (χ4n) is 1.93. The molecule has 2 rings (SSSR count). The third-order valence-electron chi connectivity index (χ3n) is 2.93. The van der Waals surface area contributed by atoms with Crippen molar-refractivity contribution in [3.8, 4) is 5.75 Å². The number of para-hydroxylation sites is 2. The fourth-order valence-corrected chi connectivity index (χ4v) is 2.09. The van der Waals surface area contributed by atoms with Gasteiger partial charge >= 0.3 is 5.97 Å². The zero-order chi connectivity index (χ0) is 15.4. The molecule has 1 atom stereocenters. The normalized spacial score (nSPS) is 11.8. The van der Waals surface area contributed by atoms with Gasteiger partial charge in [0.2, 0.25) is 0 Å². The molecule has 2 aromatic carbocycles. The van der Waals surface area contributed by atoms with Crippen molar-refractivity contribution in [3.63, 3.8) is 0 Å². The number of halogens is 2. The lowest BCUT2D eigenvalue weighted by Crippen LogP contribution is -2.22. The lowest BCUT2D eigenvalue weighted by molar-refractivity contribution is -0.138. The van der Waals surface area contributed by atoms with E-state index in [-0.39, 0.29) is 10.6 Å². The van der Waals surface area contributed by atoms with E-state index in [2.05, 4.69) is 5.32 Å². The summed E-state index contributed by atoms with van der Waals surface area (Å²) >= 11 is 5.68. The Bertz CT molecular complexity index is 663. The van der Waals surface area contributed by atoms with E-state index in [1.807, 2.05) is 0 Å². The Morgan fingerprint density at radius 1 is 1.33 bits per heavy atom. The first-order valence-electron chi connectivity index (χ1n) is 6.10. The predicted molar refractivity (Wildman–Crippen MR) is 78.4 cm³/mol. The molecule has 0 spiro atoms. The van der Waals surface area contributed by atoms with Crippen molar-refractivity contribution in [2.24, 2.45) is 0 Å². The highest BCUT2D eigenvalue weighted by atomic mass is 35.5. The summed E-state index contributed by atoms with van der Waals surface area (Å²) in [6.45, 7) is 0. The topological polar surface area (TPSA) is 58.6 Å². The van der Waals surface area contributed by atoms with Crippen molar-refractivity contribution in [2.75, 3.05) is 12.4 Å². The molecule has 0 aliphatic heterocycles. The molecule has 0 aliphatic carbocycles. The minimum atomic E-state index is -1.25. The van der Waals surface area contributed by atoms with Crippen molar-refractivity contribution in [1.29, 1.82) is 0 Å². The Morgan fingerprint density at radius 2 is 2.05 bits per heavy atom. The molecule has 4 nitrogen and oxygen atoms in total. The van der Waals surface area contributed by atoms with Crippen molar-refractivity contribution in [2.45, 2.75) is 6.04 Å². The molecule has 0 saturated heterocycles. The average Bonchev–Trinajstić information content (AvgIpc) is 2.45. The second kappa shape index (κ2) is 6.45. The van der Waals surface area contributed by atoms with Crippen molar-refractivity contribution >= 4 is 23.3 Å². The highest BCUT2D eigenvalue weighted by Crippen LogP contribution is 2.29. The number of methoxy groups -OCH3 is 1. The number of hydrogen-bond donors (Lipinski definition) is 2. The van der Waals surface area contributed by atoms with Crippen LogP contribution >= 0.6 is 11.6 Å². The van der Waals surface area contributed by atoms with E-state index in [9.17, 15) is 14.3 Å². The van der Waals surface area contributed by atoms with E-state index >= 15 is 0 Å². The van der Waals surface area contributed by atoms with E-state index in [1.54, 1.807) is 24.3 Å². The Morgan fingerprint density at radius 3 is 2.67 bits per heavy atom. The number of ether oxygens (including phenoxy) is 1. The lowest BCUT2D eigenvalue weighted by atomic mass is 10.1. The second-order valence-corrected chi connectivity index (χ2v) is 4.72. The number of anilines is 1. The van der Waals surface area contributed by atoms with Crippen LogP contribution in [0.25, 0.3) is 0 Å². The fraction of sp³-hybridized carbons (Fsp3) is 0.133. The summed E-state index contributed by atoms with van der Waals surface area (Å²) in [7, 11) is 1.47. The molecule has 0 aromatic heterocycles. The molecular formula is C15H13ClFNO3. The Labute approximate surface area is 126 Å². The van der Waals surface area contributed by atoms with Gasteiger partial charge in [-0.3, -0.25) is 0 Å². The van der Waals surface area contributed by atoms with E-state index in [0.29, 0.717) is 11.4 Å². The van der Waals surface area contributed by atoms with Crippen LogP contribution in [-0.4, -0.2) is 18.2 Å². The molecule has 1 unspecified atom stereocenters. The number of rotatable bonds is 5. The maximum absolute atomic E-state index is 13.9. The number of benzene rings is 2. The second-order valence-electron chi connectivity index (χ2n) is 4.28. The summed E-state index contributed by atoms with van der Waals surface area (Å²) < 4.78 is 19.1. The van der Waals surface area contributed by atoms with Crippen LogP contribution in [0.15, 0.2) is 42.5 Å². The van der Waals surface area contributed by atoms with Crippen molar-refractivity contribution in [3.05, 3.63) is 58.9 Å². The van der Waals surface area contributed by atoms with E-state index in [4.69, 9.17) is 16.3 Å². The third kappa shape index (κ3) is 3.44. The first kappa shape index (κ1) is 15.1. The predicted octanol–water partition coefficient (Wildman–Crippen LogP) is 3.73. The molecule has 2 aromatic rings. The molecule has 2 N–H and O–H groups in total. The number of carbonyl (C=O) groups is 1. The van der Waals surface area contributed by atoms with Gasteiger partial charge in [0.15, 0.2) is 6.04 Å². The maximum atomic E-state index is 13.9. The first-order chi connectivity index (χ1) is 10.0. The van der Waals surface area contributed by atoms with E-state index in [0.717, 1.165) is 6.07 Å². The molecule has 0 radical (unpaired) electrons. The SMILES string of the molecule is COc1ccccc1NC(C(=O)O)c1ccc(Cl)cc1F. The number of nitrogens with one attached hydrogen (secondary N) is 1. The lowest BCUT2D eigenvalue weighted by Gasteiger charge is -2.18. The van der Waals surface area contributed by atoms with Gasteiger partial charge in [0.05, 0.1) is 12.8 Å². The smallest absolute Gasteiger partial charge is 0.330 e. The van der Waals surface area contributed by atoms with Gasteiger partial charge in [0.1, 0.15) is 11.6 Å². The molecule has 0 aliphatic rings. The molecule has 0 saturated carbocycles. The summed E-state index contributed by atoms with van der Waals surface area (Å²) in [5, 5.41) is 12.3. The molecule has 0 amide bonds. The summed E-state index contributed by atoms with van der Waals surface area (Å²) in [6, 6.07) is 9.43. The maximum Gasteiger partial charge on any atom is 0.330 e. The number of aliphatic carboxylic acids is 1. The van der Waals surface area contributed by atoms with Crippen LogP contribution in [0.1, 0.15) is 11.6 Å². The molecule has 0 heterocycles. The van der Waals surface area contributed by atoms with Crippen LogP contribution < -0.4 is 10.1 Å². The highest BCUT2D eigenvalue weighted by Gasteiger charge is 2.24. The zero-order valence-corrected chi connectivity index (χ0v) is 11.9. The quantitative estimate of drug-likeness (QED) is 0.883. The number of hydrogen-bond acceptors (Lipinski definition) is 3. The van der Waals surface area contributed by atoms with Gasteiger partial charge in [-0.15, -0.1) is 0 Å². The number of carboxylic acids is 1. The van der Waals surface area contributed by atoms with Gasteiger partial charge in [0, 0.05) is 10.6 Å². The van der Waals surface area contributed by atoms with Crippen LogP contribution in [0, 0.1) is 5.82 Å². The molecular weight excluding hydrogens is 297 g/mol. The largest absolute Gasteiger partial charge is 0.495 e. The molecule has 21 heavy (non-hydrogen) atoms. The summed E-state index contributed by atoms with van der Waals surface area (Å²) in [5.41, 5.74) is 0.458. The summed E-state index contributed by atoms with van der Waals surface area (Å²) in [4.78, 5) is 11.4. The molecule has 0 bridgehead atoms. The van der Waals surface area contributed by atoms with Crippen LogP contribution in [0.2, 0.25) is 5.02 Å². The van der Waals surface area contributed by atoms with Gasteiger partial charge in [0.25, 0.3) is 0 Å². The van der Waals surface area contributed by atoms with E-state index in [1.165, 1.54) is 19.2 Å². The molecule has 0 fully saturated rings. The zero-order valence-electron chi connectivity index (χ0n) is 11.1. The van der Waals surface area contributed by atoms with Crippen LogP contribution in [0.3, 0.4) is 0 Å². The van der Waals surface area contributed by atoms with Gasteiger partial charge in [-0.25, -0.2) is 9.18 Å². The minimum absolute atomic E-state index is 0.00203. The highest BCUT2D eigenvalue weighted by molar-refractivity contribution is 6.30. The Kier molecular flexibility index (Phi) is 4.65. The molecule has 110 valence electrons. The van der Waals surface area contributed by atoms with Crippen LogP contribution in [-0.2, 0) is 4.79 Å². The third-order valence-corrected chi connectivity index (χ3v) is 3.16. The minimum Gasteiger partial charge on any atom is -0.495 e. The van der Waals surface area contributed by atoms with Crippen molar-refractivity contribution in [1.82, 2.24) is 0 Å². The van der Waals surface area contributed by atoms with Gasteiger partial charge in [-0.05, 0) is 24.3 Å². The number of carboxylic acid groups (broad SMARTS) is 1. The van der Waals surface area contributed by atoms with Crippen LogP contribution in [0.5, 0.6) is 5.75 Å². The average molecular weight is 310 g/mol.